The summed E-state index contributed by atoms with van der Waals surface area (Å²) in [5, 5.41) is 8.50. The van der Waals surface area contributed by atoms with E-state index in [9.17, 15) is 4.21 Å². The molecule has 0 aliphatic rings. The molecule has 0 bridgehead atoms. The van der Waals surface area contributed by atoms with Gasteiger partial charge in [-0.05, 0) is 14.0 Å². The van der Waals surface area contributed by atoms with Crippen LogP contribution >= 0.6 is 0 Å². The van der Waals surface area contributed by atoms with Gasteiger partial charge in [0, 0.05) is 29.4 Å². The molecule has 0 heterocycles. The maximum atomic E-state index is 10.7. The Bertz CT molecular complexity index is 176. The molecule has 11 heavy (non-hydrogen) atoms. The van der Waals surface area contributed by atoms with Crippen LogP contribution in [0.3, 0.4) is 0 Å². The van der Waals surface area contributed by atoms with Crippen molar-refractivity contribution >= 4 is 10.8 Å². The second-order valence-corrected chi connectivity index (χ2v) is 4.12. The molecule has 64 valence electrons. The zero-order valence-electron chi connectivity index (χ0n) is 7.20. The first-order valence-corrected chi connectivity index (χ1v) is 5.20. The van der Waals surface area contributed by atoms with Gasteiger partial charge in [-0.2, -0.15) is 5.26 Å². The van der Waals surface area contributed by atoms with Gasteiger partial charge in [0.15, 0.2) is 0 Å². The second-order valence-electron chi connectivity index (χ2n) is 2.56. The van der Waals surface area contributed by atoms with Crippen LogP contribution in [0.15, 0.2) is 0 Å². The number of nitriles is 1. The number of nitrogens with zero attached hydrogens (tertiary/aromatic N) is 2. The highest BCUT2D eigenvalue weighted by molar-refractivity contribution is 7.84. The molecule has 0 aliphatic heterocycles. The minimum Gasteiger partial charge on any atom is -0.290 e. The van der Waals surface area contributed by atoms with Crippen LogP contribution in [0.1, 0.15) is 6.92 Å². The Morgan fingerprint density at radius 1 is 1.73 bits per heavy atom. The molecule has 0 fully saturated rings. The van der Waals surface area contributed by atoms with Gasteiger partial charge in [0.2, 0.25) is 0 Å². The molecule has 0 aromatic rings. The van der Waals surface area contributed by atoms with Gasteiger partial charge < -0.3 is 0 Å². The average molecular weight is 174 g/mol. The number of hydrogen-bond acceptors (Lipinski definition) is 3. The van der Waals surface area contributed by atoms with Gasteiger partial charge in [-0.1, -0.05) is 0 Å². The summed E-state index contributed by atoms with van der Waals surface area (Å²) in [5.74, 6) is 0.641. The Balaban J connectivity index is 3.62. The lowest BCUT2D eigenvalue weighted by Gasteiger charge is -2.17. The zero-order chi connectivity index (χ0) is 8.85. The van der Waals surface area contributed by atoms with Crippen LogP contribution in [0.5, 0.6) is 0 Å². The third-order valence-electron chi connectivity index (χ3n) is 1.58. The van der Waals surface area contributed by atoms with Crippen molar-refractivity contribution in [2.45, 2.75) is 13.0 Å². The number of hydrogen-bond donors (Lipinski definition) is 0. The minimum absolute atomic E-state index is 0.0847. The first-order valence-electron chi connectivity index (χ1n) is 3.47. The highest BCUT2D eigenvalue weighted by Crippen LogP contribution is 1.92. The van der Waals surface area contributed by atoms with Crippen molar-refractivity contribution in [1.29, 1.82) is 5.26 Å². The molecule has 4 heteroatoms. The Morgan fingerprint density at radius 3 is 2.64 bits per heavy atom. The van der Waals surface area contributed by atoms with Crippen molar-refractivity contribution in [2.24, 2.45) is 0 Å². The van der Waals surface area contributed by atoms with Crippen molar-refractivity contribution in [3.05, 3.63) is 0 Å². The summed E-state index contributed by atoms with van der Waals surface area (Å²) in [7, 11) is 1.11. The zero-order valence-corrected chi connectivity index (χ0v) is 8.02. The van der Waals surface area contributed by atoms with Crippen molar-refractivity contribution in [2.75, 3.05) is 25.6 Å². The van der Waals surface area contributed by atoms with Crippen LogP contribution in [0.25, 0.3) is 0 Å². The van der Waals surface area contributed by atoms with E-state index >= 15 is 0 Å². The molecule has 2 atom stereocenters. The molecule has 0 radical (unpaired) electrons. The van der Waals surface area contributed by atoms with Crippen molar-refractivity contribution in [3.63, 3.8) is 0 Å². The standard InChI is InChI=1S/C7H14N2OS/c1-7(6-8)9(2)4-5-11(3)10/h7H,4-5H2,1-3H3. The lowest BCUT2D eigenvalue weighted by Crippen LogP contribution is -2.31. The Morgan fingerprint density at radius 2 is 2.27 bits per heavy atom. The normalized spacial score (nSPS) is 15.9. The fraction of sp³-hybridized carbons (Fsp3) is 0.857. The number of rotatable bonds is 4. The summed E-state index contributed by atoms with van der Waals surface area (Å²) < 4.78 is 10.7. The third kappa shape index (κ3) is 4.93. The second kappa shape index (κ2) is 5.28. The van der Waals surface area contributed by atoms with Gasteiger partial charge in [0.25, 0.3) is 0 Å². The predicted octanol–water partition coefficient (Wildman–Crippen LogP) is 0.209. The van der Waals surface area contributed by atoms with Crippen molar-refractivity contribution < 1.29 is 4.21 Å². The van der Waals surface area contributed by atoms with Crippen LogP contribution in [-0.2, 0) is 10.8 Å². The van der Waals surface area contributed by atoms with Gasteiger partial charge in [-0.15, -0.1) is 0 Å². The molecule has 0 spiro atoms. The monoisotopic (exact) mass is 174 g/mol. The van der Waals surface area contributed by atoms with Crippen LogP contribution < -0.4 is 0 Å². The maximum Gasteiger partial charge on any atom is 0.0947 e. The van der Waals surface area contributed by atoms with E-state index in [0.29, 0.717) is 5.75 Å². The molecular formula is C7H14N2OS. The molecule has 2 unspecified atom stereocenters. The van der Waals surface area contributed by atoms with Crippen LogP contribution in [0.2, 0.25) is 0 Å². The molecule has 0 N–H and O–H groups in total. The largest absolute Gasteiger partial charge is 0.290 e. The van der Waals surface area contributed by atoms with E-state index in [1.165, 1.54) is 0 Å². The first kappa shape index (κ1) is 10.6. The van der Waals surface area contributed by atoms with Gasteiger partial charge in [-0.3, -0.25) is 9.11 Å². The fourth-order valence-corrected chi connectivity index (χ4v) is 1.11. The summed E-state index contributed by atoms with van der Waals surface area (Å²) in [4.78, 5) is 1.89. The lowest BCUT2D eigenvalue weighted by molar-refractivity contribution is 0.321. The van der Waals surface area contributed by atoms with E-state index in [2.05, 4.69) is 6.07 Å². The molecule has 0 amide bonds. The Hall–Kier alpha value is -0.400. The molecule has 0 saturated heterocycles. The summed E-state index contributed by atoms with van der Waals surface area (Å²) in [6.07, 6.45) is 1.67. The van der Waals surface area contributed by atoms with E-state index in [4.69, 9.17) is 5.26 Å². The van der Waals surface area contributed by atoms with Crippen LogP contribution in [-0.4, -0.2) is 40.8 Å². The smallest absolute Gasteiger partial charge is 0.0947 e. The maximum absolute atomic E-state index is 10.7. The van der Waals surface area contributed by atoms with Crippen LogP contribution in [0.4, 0.5) is 0 Å². The summed E-state index contributed by atoms with van der Waals surface area (Å²) >= 11 is 0. The van der Waals surface area contributed by atoms with Gasteiger partial charge in [0.05, 0.1) is 12.1 Å². The molecular weight excluding hydrogens is 160 g/mol. The SMILES string of the molecule is CC(C#N)N(C)CCS(C)=O. The van der Waals surface area contributed by atoms with Gasteiger partial charge >= 0.3 is 0 Å². The van der Waals surface area contributed by atoms with E-state index in [-0.39, 0.29) is 6.04 Å². The van der Waals surface area contributed by atoms with E-state index in [1.807, 2.05) is 18.9 Å². The molecule has 0 aromatic carbocycles. The van der Waals surface area contributed by atoms with Crippen molar-refractivity contribution in [1.82, 2.24) is 4.90 Å². The van der Waals surface area contributed by atoms with Gasteiger partial charge in [0.1, 0.15) is 0 Å². The third-order valence-corrected chi connectivity index (χ3v) is 2.34. The van der Waals surface area contributed by atoms with Crippen LogP contribution in [0, 0.1) is 11.3 Å². The van der Waals surface area contributed by atoms with Gasteiger partial charge in [-0.25, -0.2) is 0 Å². The summed E-state index contributed by atoms with van der Waals surface area (Å²) in [6.45, 7) is 2.55. The van der Waals surface area contributed by atoms with E-state index in [0.717, 1.165) is 6.54 Å². The quantitative estimate of drug-likeness (QED) is 0.612. The first-order chi connectivity index (χ1) is 5.07. The Kier molecular flexibility index (Phi) is 5.08. The molecule has 0 rings (SSSR count). The highest BCUT2D eigenvalue weighted by atomic mass is 32.2. The van der Waals surface area contributed by atoms with E-state index in [1.54, 1.807) is 6.26 Å². The Labute approximate surface area is 70.5 Å². The lowest BCUT2D eigenvalue weighted by atomic mass is 10.3. The molecule has 0 aliphatic carbocycles. The minimum atomic E-state index is -0.756. The topological polar surface area (TPSA) is 44.1 Å². The molecule has 3 nitrogen and oxygen atoms in total. The summed E-state index contributed by atoms with van der Waals surface area (Å²) in [6, 6.07) is 2.03. The highest BCUT2D eigenvalue weighted by Gasteiger charge is 2.06. The fourth-order valence-electron chi connectivity index (χ4n) is 0.565. The van der Waals surface area contributed by atoms with Crippen molar-refractivity contribution in [3.8, 4) is 6.07 Å². The van der Waals surface area contributed by atoms with E-state index < -0.39 is 10.8 Å². The molecule has 0 aromatic heterocycles. The average Bonchev–Trinajstić information content (AvgIpc) is 1.98. The molecule has 0 saturated carbocycles. The predicted molar refractivity (Wildman–Crippen MR) is 46.6 cm³/mol. The summed E-state index contributed by atoms with van der Waals surface area (Å²) in [5.41, 5.74) is 0.